The van der Waals surface area contributed by atoms with E-state index in [1.54, 1.807) is 0 Å². The van der Waals surface area contributed by atoms with Gasteiger partial charge in [0.2, 0.25) is 0 Å². The average Bonchev–Trinajstić information content (AvgIpc) is 2.91. The molecule has 0 saturated carbocycles. The molecule has 3 rings (SSSR count). The third-order valence-electron chi connectivity index (χ3n) is 4.35. The van der Waals surface area contributed by atoms with E-state index >= 15 is 4.39 Å². The Bertz CT molecular complexity index is 976. The summed E-state index contributed by atoms with van der Waals surface area (Å²) in [6, 6.07) is 7.01. The summed E-state index contributed by atoms with van der Waals surface area (Å²) in [6.07, 6.45) is -7.56. The van der Waals surface area contributed by atoms with Crippen molar-refractivity contribution in [2.75, 3.05) is 0 Å². The summed E-state index contributed by atoms with van der Waals surface area (Å²) in [5.74, 6) is -1.19. The summed E-state index contributed by atoms with van der Waals surface area (Å²) in [4.78, 5) is 11.1. The standard InChI is InChI=1S/C18H11Cl2F4NO2S/c1-8-4-9(2-3-13(8)16(26)27)14-15(21)17(28-25-14,18(22,23)24)10-5-11(19)7-12(20)6-10/h2-7,15H,1H3,(H,26,27). The molecule has 1 aliphatic heterocycles. The van der Waals surface area contributed by atoms with Gasteiger partial charge in [0, 0.05) is 15.6 Å². The Kier molecular flexibility index (Phi) is 5.42. The molecule has 1 heterocycles. The van der Waals surface area contributed by atoms with Crippen molar-refractivity contribution in [1.82, 2.24) is 0 Å². The minimum Gasteiger partial charge on any atom is -0.478 e. The van der Waals surface area contributed by atoms with Gasteiger partial charge in [0.05, 0.1) is 11.3 Å². The lowest BCUT2D eigenvalue weighted by Crippen LogP contribution is -2.47. The number of rotatable bonds is 3. The molecular weight excluding hydrogens is 441 g/mol. The fourth-order valence-corrected chi connectivity index (χ4v) is 4.49. The number of nitrogens with zero attached hydrogens (tertiary/aromatic N) is 1. The van der Waals surface area contributed by atoms with Crippen LogP contribution in [0.5, 0.6) is 0 Å². The summed E-state index contributed by atoms with van der Waals surface area (Å²) in [5.41, 5.74) is -0.567. The molecule has 10 heteroatoms. The number of halogens is 6. The molecular formula is C18H11Cl2F4NO2S. The number of hydrogen-bond donors (Lipinski definition) is 1. The van der Waals surface area contributed by atoms with Gasteiger partial charge in [-0.15, -0.1) is 0 Å². The molecule has 0 fully saturated rings. The van der Waals surface area contributed by atoms with E-state index in [0.29, 0.717) is 0 Å². The van der Waals surface area contributed by atoms with Crippen LogP contribution in [0.25, 0.3) is 0 Å². The maximum Gasteiger partial charge on any atom is 0.412 e. The van der Waals surface area contributed by atoms with Crippen LogP contribution < -0.4 is 0 Å². The summed E-state index contributed by atoms with van der Waals surface area (Å²) in [5, 5.41) is 8.96. The van der Waals surface area contributed by atoms with Gasteiger partial charge in [-0.05, 0) is 60.3 Å². The zero-order valence-corrected chi connectivity index (χ0v) is 16.3. The van der Waals surface area contributed by atoms with Gasteiger partial charge < -0.3 is 5.11 Å². The van der Waals surface area contributed by atoms with E-state index < -0.39 is 34.3 Å². The molecule has 2 aromatic rings. The Morgan fingerprint density at radius 3 is 2.29 bits per heavy atom. The highest BCUT2D eigenvalue weighted by atomic mass is 35.5. The van der Waals surface area contributed by atoms with Crippen LogP contribution in [-0.2, 0) is 4.75 Å². The molecule has 2 unspecified atom stereocenters. The maximum absolute atomic E-state index is 15.4. The molecule has 2 aromatic carbocycles. The van der Waals surface area contributed by atoms with Crippen LogP contribution in [0.3, 0.4) is 0 Å². The number of benzene rings is 2. The zero-order chi connectivity index (χ0) is 20.9. The van der Waals surface area contributed by atoms with E-state index in [0.717, 1.165) is 12.1 Å². The van der Waals surface area contributed by atoms with E-state index in [2.05, 4.69) is 4.40 Å². The van der Waals surface area contributed by atoms with Crippen LogP contribution in [0.15, 0.2) is 40.8 Å². The predicted octanol–water partition coefficient (Wildman–Crippen LogP) is 6.25. The maximum atomic E-state index is 15.4. The second-order valence-electron chi connectivity index (χ2n) is 6.16. The van der Waals surface area contributed by atoms with Gasteiger partial charge in [0.25, 0.3) is 0 Å². The zero-order valence-electron chi connectivity index (χ0n) is 14.0. The van der Waals surface area contributed by atoms with E-state index in [1.165, 1.54) is 31.2 Å². The summed E-state index contributed by atoms with van der Waals surface area (Å²) in [6.45, 7) is 1.47. The summed E-state index contributed by atoms with van der Waals surface area (Å²) >= 11 is 11.7. The van der Waals surface area contributed by atoms with Crippen molar-refractivity contribution in [2.24, 2.45) is 4.40 Å². The van der Waals surface area contributed by atoms with E-state index in [4.69, 9.17) is 28.3 Å². The molecule has 0 radical (unpaired) electrons. The van der Waals surface area contributed by atoms with Crippen LogP contribution >= 0.6 is 35.1 Å². The first-order chi connectivity index (χ1) is 13.0. The van der Waals surface area contributed by atoms with Crippen LogP contribution in [0.2, 0.25) is 10.0 Å². The Hall–Kier alpha value is -1.77. The molecule has 1 aliphatic rings. The highest BCUT2D eigenvalue weighted by molar-refractivity contribution is 7.99. The van der Waals surface area contributed by atoms with Crippen molar-refractivity contribution in [3.05, 3.63) is 68.7 Å². The van der Waals surface area contributed by atoms with Gasteiger partial charge >= 0.3 is 12.1 Å². The Labute approximate surface area is 171 Å². The predicted molar refractivity (Wildman–Crippen MR) is 101 cm³/mol. The fourth-order valence-electron chi connectivity index (χ4n) is 2.99. The van der Waals surface area contributed by atoms with Gasteiger partial charge in [0.1, 0.15) is 0 Å². The number of carboxylic acid groups (broad SMARTS) is 1. The number of alkyl halides is 4. The van der Waals surface area contributed by atoms with Crippen LogP contribution in [-0.4, -0.2) is 29.1 Å². The SMILES string of the molecule is Cc1cc(C2=NSC(c3cc(Cl)cc(Cl)c3)(C(F)(F)F)C2F)ccc1C(=O)O. The normalized spacial score (nSPS) is 22.2. The second kappa shape index (κ2) is 7.24. The molecule has 3 nitrogen and oxygen atoms in total. The van der Waals surface area contributed by atoms with Crippen molar-refractivity contribution in [2.45, 2.75) is 24.0 Å². The number of aromatic carboxylic acids is 1. The first kappa shape index (κ1) is 21.0. The van der Waals surface area contributed by atoms with Crippen LogP contribution in [0, 0.1) is 6.92 Å². The molecule has 2 atom stereocenters. The summed E-state index contributed by atoms with van der Waals surface area (Å²) in [7, 11) is 0. The third-order valence-corrected chi connectivity index (χ3v) is 6.04. The van der Waals surface area contributed by atoms with Gasteiger partial charge in [0.15, 0.2) is 10.9 Å². The Morgan fingerprint density at radius 1 is 1.18 bits per heavy atom. The average molecular weight is 452 g/mol. The summed E-state index contributed by atoms with van der Waals surface area (Å²) < 4.78 is 58.3. The van der Waals surface area contributed by atoms with E-state index in [9.17, 15) is 18.0 Å². The Morgan fingerprint density at radius 2 is 1.79 bits per heavy atom. The van der Waals surface area contributed by atoms with E-state index in [-0.39, 0.29) is 38.7 Å². The largest absolute Gasteiger partial charge is 0.478 e. The lowest BCUT2D eigenvalue weighted by atomic mass is 9.87. The molecule has 148 valence electrons. The highest BCUT2D eigenvalue weighted by Gasteiger charge is 2.66. The van der Waals surface area contributed by atoms with Gasteiger partial charge in [-0.2, -0.15) is 13.2 Å². The van der Waals surface area contributed by atoms with Gasteiger partial charge in [-0.25, -0.2) is 13.6 Å². The number of carboxylic acids is 1. The van der Waals surface area contributed by atoms with Gasteiger partial charge in [-0.1, -0.05) is 29.3 Å². The topological polar surface area (TPSA) is 49.7 Å². The number of carbonyl (C=O) groups is 1. The number of hydrogen-bond acceptors (Lipinski definition) is 3. The molecule has 0 amide bonds. The lowest BCUT2D eigenvalue weighted by molar-refractivity contribution is -0.170. The van der Waals surface area contributed by atoms with Gasteiger partial charge in [-0.3, -0.25) is 0 Å². The molecule has 0 saturated heterocycles. The molecule has 0 spiro atoms. The minimum absolute atomic E-state index is 0.0332. The molecule has 0 aromatic heterocycles. The molecule has 1 N–H and O–H groups in total. The van der Waals surface area contributed by atoms with E-state index in [1.807, 2.05) is 0 Å². The highest BCUT2D eigenvalue weighted by Crippen LogP contribution is 2.58. The molecule has 28 heavy (non-hydrogen) atoms. The molecule has 0 aliphatic carbocycles. The monoisotopic (exact) mass is 451 g/mol. The smallest absolute Gasteiger partial charge is 0.412 e. The van der Waals surface area contributed by atoms with Crippen LogP contribution in [0.4, 0.5) is 17.6 Å². The number of aryl methyl sites for hydroxylation is 1. The first-order valence-corrected chi connectivity index (χ1v) is 9.28. The van der Waals surface area contributed by atoms with Crippen LogP contribution in [0.1, 0.15) is 27.0 Å². The van der Waals surface area contributed by atoms with Crippen molar-refractivity contribution >= 4 is 46.8 Å². The van der Waals surface area contributed by atoms with Crippen molar-refractivity contribution in [1.29, 1.82) is 0 Å². The molecule has 0 bridgehead atoms. The quantitative estimate of drug-likeness (QED) is 0.443. The van der Waals surface area contributed by atoms with Crippen molar-refractivity contribution in [3.8, 4) is 0 Å². The lowest BCUT2D eigenvalue weighted by Gasteiger charge is -2.32. The minimum atomic E-state index is -5.01. The second-order valence-corrected chi connectivity index (χ2v) is 8.04. The third kappa shape index (κ3) is 3.38. The van der Waals surface area contributed by atoms with Crippen molar-refractivity contribution in [3.63, 3.8) is 0 Å². The van der Waals surface area contributed by atoms with Crippen molar-refractivity contribution < 1.29 is 27.5 Å². The Balaban J connectivity index is 2.11. The first-order valence-electron chi connectivity index (χ1n) is 7.75. The fraction of sp³-hybridized carbons (Fsp3) is 0.222.